The quantitative estimate of drug-likeness (QED) is 0.901. The van der Waals surface area contributed by atoms with Gasteiger partial charge in [-0.1, -0.05) is 6.92 Å². The topological polar surface area (TPSA) is 50.2 Å². The first-order valence-corrected chi connectivity index (χ1v) is 8.58. The summed E-state index contributed by atoms with van der Waals surface area (Å²) < 4.78 is 2.19. The highest BCUT2D eigenvalue weighted by Crippen LogP contribution is 2.38. The summed E-state index contributed by atoms with van der Waals surface area (Å²) in [7, 11) is 0. The minimum Gasteiger partial charge on any atom is -0.366 e. The lowest BCUT2D eigenvalue weighted by atomic mass is 9.93. The van der Waals surface area contributed by atoms with Crippen LogP contribution >= 0.6 is 15.9 Å². The molecule has 2 saturated heterocycles. The molecule has 0 aliphatic carbocycles. The zero-order valence-electron chi connectivity index (χ0n) is 12.8. The second-order valence-corrected chi connectivity index (χ2v) is 7.19. The number of nitrogens with zero attached hydrogens (tertiary/aromatic N) is 3. The molecule has 0 aromatic carbocycles. The standard InChI is InChI=1S/C15H23BrN4O/c1-4-12-11-6-17-5-10(11)8-19(12)13-7-18-20(9(2)3)15(21)14(13)16/h7,9-12,17H,4-6,8H2,1-3H3. The molecule has 3 atom stereocenters. The molecule has 0 spiro atoms. The van der Waals surface area contributed by atoms with E-state index >= 15 is 0 Å². The van der Waals surface area contributed by atoms with E-state index in [0.717, 1.165) is 31.7 Å². The van der Waals surface area contributed by atoms with Gasteiger partial charge in [-0.05, 0) is 48.0 Å². The Bertz CT molecular complexity index is 586. The van der Waals surface area contributed by atoms with E-state index in [1.807, 2.05) is 20.0 Å². The molecule has 3 rings (SSSR count). The van der Waals surface area contributed by atoms with Crippen LogP contribution in [-0.4, -0.2) is 35.5 Å². The predicted molar refractivity (Wildman–Crippen MR) is 87.9 cm³/mol. The Hall–Kier alpha value is -0.880. The lowest BCUT2D eigenvalue weighted by Gasteiger charge is -2.29. The largest absolute Gasteiger partial charge is 0.366 e. The maximum atomic E-state index is 12.4. The normalized spacial score (nSPS) is 28.4. The fourth-order valence-corrected chi connectivity index (χ4v) is 4.34. The third kappa shape index (κ3) is 2.42. The van der Waals surface area contributed by atoms with Gasteiger partial charge in [0.15, 0.2) is 0 Å². The molecule has 2 fully saturated rings. The summed E-state index contributed by atoms with van der Waals surface area (Å²) >= 11 is 3.52. The molecule has 1 aromatic heterocycles. The summed E-state index contributed by atoms with van der Waals surface area (Å²) in [6.45, 7) is 9.37. The van der Waals surface area contributed by atoms with Crippen molar-refractivity contribution >= 4 is 21.6 Å². The monoisotopic (exact) mass is 354 g/mol. The molecule has 2 aliphatic heterocycles. The van der Waals surface area contributed by atoms with Crippen LogP contribution in [0.4, 0.5) is 5.69 Å². The average molecular weight is 355 g/mol. The van der Waals surface area contributed by atoms with Crippen molar-refractivity contribution in [1.82, 2.24) is 15.1 Å². The maximum Gasteiger partial charge on any atom is 0.283 e. The van der Waals surface area contributed by atoms with Crippen LogP contribution in [0.2, 0.25) is 0 Å². The first-order chi connectivity index (χ1) is 10.0. The van der Waals surface area contributed by atoms with E-state index in [0.29, 0.717) is 22.4 Å². The SMILES string of the molecule is CCC1C2CNCC2CN1c1cnn(C(C)C)c(=O)c1Br. The Labute approximate surface area is 133 Å². The van der Waals surface area contributed by atoms with E-state index in [-0.39, 0.29) is 11.6 Å². The van der Waals surface area contributed by atoms with E-state index in [1.165, 1.54) is 4.68 Å². The van der Waals surface area contributed by atoms with Crippen LogP contribution in [0.15, 0.2) is 15.5 Å². The van der Waals surface area contributed by atoms with Crippen LogP contribution in [0.25, 0.3) is 0 Å². The van der Waals surface area contributed by atoms with Gasteiger partial charge in [-0.2, -0.15) is 5.10 Å². The van der Waals surface area contributed by atoms with Crippen LogP contribution in [0.5, 0.6) is 0 Å². The van der Waals surface area contributed by atoms with Gasteiger partial charge in [0.2, 0.25) is 0 Å². The fraction of sp³-hybridized carbons (Fsp3) is 0.733. The molecule has 3 heterocycles. The zero-order chi connectivity index (χ0) is 15.1. The summed E-state index contributed by atoms with van der Waals surface area (Å²) in [5.41, 5.74) is 0.922. The van der Waals surface area contributed by atoms with Gasteiger partial charge in [0.1, 0.15) is 4.47 Å². The number of nitrogens with one attached hydrogen (secondary N) is 1. The summed E-state index contributed by atoms with van der Waals surface area (Å²) in [5, 5.41) is 7.85. The number of halogens is 1. The van der Waals surface area contributed by atoms with Crippen molar-refractivity contribution in [3.05, 3.63) is 21.0 Å². The minimum atomic E-state index is -0.0347. The summed E-state index contributed by atoms with van der Waals surface area (Å²) in [4.78, 5) is 14.8. The van der Waals surface area contributed by atoms with Crippen molar-refractivity contribution in [1.29, 1.82) is 0 Å². The molecule has 0 bridgehead atoms. The summed E-state index contributed by atoms with van der Waals surface area (Å²) in [5.74, 6) is 1.38. The zero-order valence-corrected chi connectivity index (χ0v) is 14.4. The summed E-state index contributed by atoms with van der Waals surface area (Å²) in [6.07, 6.45) is 2.95. The Morgan fingerprint density at radius 1 is 1.48 bits per heavy atom. The van der Waals surface area contributed by atoms with Gasteiger partial charge in [0.05, 0.1) is 17.9 Å². The average Bonchev–Trinajstić information content (AvgIpc) is 3.01. The lowest BCUT2D eigenvalue weighted by molar-refractivity contribution is 0.441. The van der Waals surface area contributed by atoms with E-state index < -0.39 is 0 Å². The molecule has 5 nitrogen and oxygen atoms in total. The molecule has 3 unspecified atom stereocenters. The molecule has 1 N–H and O–H groups in total. The van der Waals surface area contributed by atoms with Crippen LogP contribution in [0.3, 0.4) is 0 Å². The molecule has 0 amide bonds. The van der Waals surface area contributed by atoms with Gasteiger partial charge in [0.25, 0.3) is 5.56 Å². The third-order valence-electron chi connectivity index (χ3n) is 4.86. The van der Waals surface area contributed by atoms with Crippen molar-refractivity contribution in [2.75, 3.05) is 24.5 Å². The number of rotatable bonds is 3. The number of hydrogen-bond acceptors (Lipinski definition) is 4. The first kappa shape index (κ1) is 15.0. The highest BCUT2D eigenvalue weighted by atomic mass is 79.9. The number of anilines is 1. The molecule has 6 heteroatoms. The van der Waals surface area contributed by atoms with Crippen molar-refractivity contribution in [2.24, 2.45) is 11.8 Å². The molecule has 0 radical (unpaired) electrons. The van der Waals surface area contributed by atoms with E-state index in [4.69, 9.17) is 0 Å². The minimum absolute atomic E-state index is 0.0347. The van der Waals surface area contributed by atoms with Crippen molar-refractivity contribution in [3.8, 4) is 0 Å². The number of aromatic nitrogens is 2. The van der Waals surface area contributed by atoms with Gasteiger partial charge < -0.3 is 10.2 Å². The molecule has 1 aromatic rings. The van der Waals surface area contributed by atoms with E-state index in [1.54, 1.807) is 0 Å². The first-order valence-electron chi connectivity index (χ1n) is 7.79. The molecule has 116 valence electrons. The van der Waals surface area contributed by atoms with Crippen molar-refractivity contribution < 1.29 is 0 Å². The molecule has 21 heavy (non-hydrogen) atoms. The second kappa shape index (κ2) is 5.72. The smallest absolute Gasteiger partial charge is 0.283 e. The number of hydrogen-bond donors (Lipinski definition) is 1. The van der Waals surface area contributed by atoms with E-state index in [2.05, 4.69) is 38.2 Å². The van der Waals surface area contributed by atoms with Crippen LogP contribution in [0, 0.1) is 11.8 Å². The van der Waals surface area contributed by atoms with Crippen molar-refractivity contribution in [2.45, 2.75) is 39.3 Å². The molecule has 0 saturated carbocycles. The lowest BCUT2D eigenvalue weighted by Crippen LogP contribution is -2.37. The Balaban J connectivity index is 1.97. The van der Waals surface area contributed by atoms with Gasteiger partial charge in [-0.15, -0.1) is 0 Å². The number of fused-ring (bicyclic) bond motifs is 1. The second-order valence-electron chi connectivity index (χ2n) is 6.40. The van der Waals surface area contributed by atoms with Gasteiger partial charge in [-0.3, -0.25) is 4.79 Å². The Morgan fingerprint density at radius 2 is 2.24 bits per heavy atom. The van der Waals surface area contributed by atoms with Crippen LogP contribution in [-0.2, 0) is 0 Å². The van der Waals surface area contributed by atoms with Crippen molar-refractivity contribution in [3.63, 3.8) is 0 Å². The Kier molecular flexibility index (Phi) is 4.10. The summed E-state index contributed by atoms with van der Waals surface area (Å²) in [6, 6.07) is 0.574. The molecule has 2 aliphatic rings. The highest BCUT2D eigenvalue weighted by molar-refractivity contribution is 9.10. The van der Waals surface area contributed by atoms with Crippen LogP contribution in [0.1, 0.15) is 33.2 Å². The maximum absolute atomic E-state index is 12.4. The Morgan fingerprint density at radius 3 is 2.90 bits per heavy atom. The fourth-order valence-electron chi connectivity index (χ4n) is 3.83. The van der Waals surface area contributed by atoms with Crippen LogP contribution < -0.4 is 15.8 Å². The van der Waals surface area contributed by atoms with Gasteiger partial charge in [-0.25, -0.2) is 4.68 Å². The van der Waals surface area contributed by atoms with Gasteiger partial charge in [0, 0.05) is 25.7 Å². The third-order valence-corrected chi connectivity index (χ3v) is 5.61. The van der Waals surface area contributed by atoms with Gasteiger partial charge >= 0.3 is 0 Å². The van der Waals surface area contributed by atoms with E-state index in [9.17, 15) is 4.79 Å². The molecular formula is C15H23BrN4O. The highest BCUT2D eigenvalue weighted by Gasteiger charge is 2.44. The predicted octanol–water partition coefficient (Wildman–Crippen LogP) is 2.02. The molecular weight excluding hydrogens is 332 g/mol.